The Morgan fingerprint density at radius 2 is 2.24 bits per heavy atom. The second-order valence-corrected chi connectivity index (χ2v) is 6.15. The van der Waals surface area contributed by atoms with E-state index in [9.17, 15) is 9.59 Å². The fourth-order valence-corrected chi connectivity index (χ4v) is 2.82. The lowest BCUT2D eigenvalue weighted by atomic mass is 9.94. The predicted molar refractivity (Wildman–Crippen MR) is 84.6 cm³/mol. The lowest BCUT2D eigenvalue weighted by Crippen LogP contribution is -2.30. The van der Waals surface area contributed by atoms with E-state index in [0.29, 0.717) is 22.5 Å². The van der Waals surface area contributed by atoms with Crippen molar-refractivity contribution in [3.63, 3.8) is 0 Å². The number of anilines is 1. The van der Waals surface area contributed by atoms with E-state index in [1.807, 2.05) is 0 Å². The minimum atomic E-state index is -1.01. The normalized spacial score (nSPS) is 18.2. The van der Waals surface area contributed by atoms with E-state index in [1.54, 1.807) is 6.07 Å². The second kappa shape index (κ2) is 7.56. The van der Waals surface area contributed by atoms with E-state index in [-0.39, 0.29) is 11.5 Å². The average molecular weight is 355 g/mol. The van der Waals surface area contributed by atoms with E-state index in [4.69, 9.17) is 5.11 Å². The molecule has 1 aromatic rings. The van der Waals surface area contributed by atoms with Crippen molar-refractivity contribution in [2.24, 2.45) is 5.92 Å². The van der Waals surface area contributed by atoms with E-state index in [0.717, 1.165) is 19.5 Å². The maximum Gasteiger partial charge on any atom is 0.335 e. The summed E-state index contributed by atoms with van der Waals surface area (Å²) >= 11 is 3.32. The third-order valence-electron chi connectivity index (χ3n) is 3.67. The monoisotopic (exact) mass is 354 g/mol. The molecule has 1 aliphatic heterocycles. The summed E-state index contributed by atoms with van der Waals surface area (Å²) in [4.78, 5) is 22.9. The molecule has 1 heterocycles. The lowest BCUT2D eigenvalue weighted by Gasteiger charge is -2.22. The van der Waals surface area contributed by atoms with Crippen LogP contribution in [0, 0.1) is 5.92 Å². The SMILES string of the molecule is O=C(CCC1CCCNC1)Nc1cc(C(=O)O)ccc1Br. The summed E-state index contributed by atoms with van der Waals surface area (Å²) in [7, 11) is 0. The molecule has 1 atom stereocenters. The van der Waals surface area contributed by atoms with Gasteiger partial charge in [-0.25, -0.2) is 4.79 Å². The lowest BCUT2D eigenvalue weighted by molar-refractivity contribution is -0.116. The van der Waals surface area contributed by atoms with E-state index in [2.05, 4.69) is 26.6 Å². The molecule has 0 spiro atoms. The first kappa shape index (κ1) is 16.0. The topological polar surface area (TPSA) is 78.4 Å². The molecule has 0 saturated carbocycles. The van der Waals surface area contributed by atoms with Crippen molar-refractivity contribution in [1.29, 1.82) is 0 Å². The van der Waals surface area contributed by atoms with Gasteiger partial charge in [-0.2, -0.15) is 0 Å². The van der Waals surface area contributed by atoms with Crippen LogP contribution in [0.25, 0.3) is 0 Å². The molecule has 5 nitrogen and oxygen atoms in total. The number of hydrogen-bond acceptors (Lipinski definition) is 3. The van der Waals surface area contributed by atoms with Crippen LogP contribution in [-0.2, 0) is 4.79 Å². The summed E-state index contributed by atoms with van der Waals surface area (Å²) < 4.78 is 0.681. The highest BCUT2D eigenvalue weighted by Crippen LogP contribution is 2.24. The Balaban J connectivity index is 1.89. The summed E-state index contributed by atoms with van der Waals surface area (Å²) in [6, 6.07) is 4.59. The van der Waals surface area contributed by atoms with Gasteiger partial charge in [-0.3, -0.25) is 4.79 Å². The molecule has 1 amide bonds. The molecule has 1 aliphatic rings. The fraction of sp³-hybridized carbons (Fsp3) is 0.467. The summed E-state index contributed by atoms with van der Waals surface area (Å²) in [6.45, 7) is 2.04. The van der Waals surface area contributed by atoms with Gasteiger partial charge in [0.15, 0.2) is 0 Å². The van der Waals surface area contributed by atoms with Crippen LogP contribution < -0.4 is 10.6 Å². The maximum absolute atomic E-state index is 12.0. The maximum atomic E-state index is 12.0. The molecular formula is C15H19BrN2O3. The Morgan fingerprint density at radius 3 is 2.90 bits per heavy atom. The number of benzene rings is 1. The molecular weight excluding hydrogens is 336 g/mol. The van der Waals surface area contributed by atoms with Crippen LogP contribution >= 0.6 is 15.9 Å². The Labute approximate surface area is 132 Å². The van der Waals surface area contributed by atoms with Gasteiger partial charge in [0.05, 0.1) is 11.3 Å². The zero-order chi connectivity index (χ0) is 15.2. The molecule has 1 fully saturated rings. The Hall–Kier alpha value is -1.40. The van der Waals surface area contributed by atoms with Gasteiger partial charge >= 0.3 is 5.97 Å². The van der Waals surface area contributed by atoms with Crippen LogP contribution in [0.5, 0.6) is 0 Å². The molecule has 0 aromatic heterocycles. The highest BCUT2D eigenvalue weighted by Gasteiger charge is 2.15. The van der Waals surface area contributed by atoms with Crippen LogP contribution in [0.15, 0.2) is 22.7 Å². The van der Waals surface area contributed by atoms with E-state index in [1.165, 1.54) is 25.0 Å². The van der Waals surface area contributed by atoms with Crippen molar-refractivity contribution < 1.29 is 14.7 Å². The molecule has 21 heavy (non-hydrogen) atoms. The number of rotatable bonds is 5. The number of carbonyl (C=O) groups is 2. The summed E-state index contributed by atoms with van der Waals surface area (Å²) in [6.07, 6.45) is 3.64. The van der Waals surface area contributed by atoms with Gasteiger partial charge in [-0.05, 0) is 72.4 Å². The molecule has 1 aromatic carbocycles. The first-order chi connectivity index (χ1) is 10.1. The number of hydrogen-bond donors (Lipinski definition) is 3. The van der Waals surface area contributed by atoms with Crippen molar-refractivity contribution >= 4 is 33.5 Å². The van der Waals surface area contributed by atoms with Crippen molar-refractivity contribution in [2.45, 2.75) is 25.7 Å². The van der Waals surface area contributed by atoms with Crippen LogP contribution in [0.2, 0.25) is 0 Å². The Kier molecular flexibility index (Phi) is 5.76. The third kappa shape index (κ3) is 4.82. The number of nitrogens with one attached hydrogen (secondary N) is 2. The number of carbonyl (C=O) groups excluding carboxylic acids is 1. The second-order valence-electron chi connectivity index (χ2n) is 5.30. The van der Waals surface area contributed by atoms with Crippen LogP contribution in [0.1, 0.15) is 36.0 Å². The van der Waals surface area contributed by atoms with E-state index >= 15 is 0 Å². The van der Waals surface area contributed by atoms with Crippen molar-refractivity contribution in [1.82, 2.24) is 5.32 Å². The smallest absolute Gasteiger partial charge is 0.335 e. The molecule has 2 rings (SSSR count). The minimum Gasteiger partial charge on any atom is -0.478 e. The predicted octanol–water partition coefficient (Wildman–Crippen LogP) is 2.87. The summed E-state index contributed by atoms with van der Waals surface area (Å²) in [5.74, 6) is -0.534. The Bertz CT molecular complexity index is 528. The molecule has 0 aliphatic carbocycles. The van der Waals surface area contributed by atoms with Crippen LogP contribution in [0.3, 0.4) is 0 Å². The number of carboxylic acids is 1. The molecule has 1 unspecified atom stereocenters. The average Bonchev–Trinajstić information content (AvgIpc) is 2.48. The van der Waals surface area contributed by atoms with Gasteiger partial charge in [0.25, 0.3) is 0 Å². The van der Waals surface area contributed by atoms with Gasteiger partial charge < -0.3 is 15.7 Å². The Morgan fingerprint density at radius 1 is 1.43 bits per heavy atom. The van der Waals surface area contributed by atoms with Gasteiger partial charge in [0, 0.05) is 10.9 Å². The van der Waals surface area contributed by atoms with Crippen molar-refractivity contribution in [3.05, 3.63) is 28.2 Å². The quantitative estimate of drug-likeness (QED) is 0.759. The van der Waals surface area contributed by atoms with Crippen molar-refractivity contribution in [3.8, 4) is 0 Å². The molecule has 0 radical (unpaired) electrons. The molecule has 114 valence electrons. The number of carboxylic acid groups (broad SMARTS) is 1. The zero-order valence-corrected chi connectivity index (χ0v) is 13.3. The fourth-order valence-electron chi connectivity index (χ4n) is 2.47. The summed E-state index contributed by atoms with van der Waals surface area (Å²) in [5.41, 5.74) is 0.659. The molecule has 1 saturated heterocycles. The number of piperidine rings is 1. The van der Waals surface area contributed by atoms with Gasteiger partial charge in [-0.15, -0.1) is 0 Å². The third-order valence-corrected chi connectivity index (χ3v) is 4.36. The van der Waals surface area contributed by atoms with E-state index < -0.39 is 5.97 Å². The van der Waals surface area contributed by atoms with Gasteiger partial charge in [0.1, 0.15) is 0 Å². The van der Waals surface area contributed by atoms with Crippen molar-refractivity contribution in [2.75, 3.05) is 18.4 Å². The molecule has 3 N–H and O–H groups in total. The standard InChI is InChI=1S/C15H19BrN2O3/c16-12-5-4-11(15(20)21)8-13(12)18-14(19)6-3-10-2-1-7-17-9-10/h4-5,8,10,17H,1-3,6-7,9H2,(H,18,19)(H,20,21). The van der Waals surface area contributed by atoms with Gasteiger partial charge in [-0.1, -0.05) is 0 Å². The van der Waals surface area contributed by atoms with Crippen LogP contribution in [0.4, 0.5) is 5.69 Å². The minimum absolute atomic E-state index is 0.0798. The summed E-state index contributed by atoms with van der Waals surface area (Å²) in [5, 5.41) is 15.1. The zero-order valence-electron chi connectivity index (χ0n) is 11.7. The highest BCUT2D eigenvalue weighted by molar-refractivity contribution is 9.10. The number of halogens is 1. The number of aromatic carboxylic acids is 1. The largest absolute Gasteiger partial charge is 0.478 e. The van der Waals surface area contributed by atoms with Crippen LogP contribution in [-0.4, -0.2) is 30.1 Å². The highest BCUT2D eigenvalue weighted by atomic mass is 79.9. The number of amides is 1. The molecule has 6 heteroatoms. The first-order valence-corrected chi connectivity index (χ1v) is 7.89. The molecule has 0 bridgehead atoms. The van der Waals surface area contributed by atoms with Gasteiger partial charge in [0.2, 0.25) is 5.91 Å². The first-order valence-electron chi connectivity index (χ1n) is 7.09.